The number of aromatic nitrogens is 4. The normalized spacial score (nSPS) is 10.9. The highest BCUT2D eigenvalue weighted by Crippen LogP contribution is 2.19. The molecule has 3 rings (SSSR count). The highest BCUT2D eigenvalue weighted by Gasteiger charge is 2.03. The number of nitrogens with two attached hydrogens (primary N) is 1. The van der Waals surface area contributed by atoms with Gasteiger partial charge in [-0.2, -0.15) is 0 Å². The average molecular weight is 225 g/mol. The van der Waals surface area contributed by atoms with E-state index < -0.39 is 0 Å². The molecule has 5 heteroatoms. The maximum Gasteiger partial charge on any atom is 0.160 e. The summed E-state index contributed by atoms with van der Waals surface area (Å²) < 4.78 is 1.95. The molecule has 0 fully saturated rings. The van der Waals surface area contributed by atoms with E-state index in [1.54, 1.807) is 12.3 Å². The average Bonchev–Trinajstić information content (AvgIpc) is 2.72. The quantitative estimate of drug-likeness (QED) is 0.684. The fourth-order valence-corrected chi connectivity index (χ4v) is 1.75. The summed E-state index contributed by atoms with van der Waals surface area (Å²) in [7, 11) is 0. The molecule has 3 heterocycles. The number of nitrogens with zero attached hydrogens (tertiary/aromatic N) is 4. The number of hydrogen-bond donors (Lipinski definition) is 1. The second kappa shape index (κ2) is 3.55. The van der Waals surface area contributed by atoms with Crippen molar-refractivity contribution in [3.63, 3.8) is 0 Å². The number of rotatable bonds is 1. The van der Waals surface area contributed by atoms with Gasteiger partial charge in [0.1, 0.15) is 11.6 Å². The first-order chi connectivity index (χ1) is 8.24. The summed E-state index contributed by atoms with van der Waals surface area (Å²) in [5.41, 5.74) is 8.49. The number of fused-ring (bicyclic) bond motifs is 1. The molecule has 3 aromatic rings. The molecule has 0 aliphatic rings. The Morgan fingerprint density at radius 1 is 1.06 bits per heavy atom. The van der Waals surface area contributed by atoms with E-state index in [4.69, 9.17) is 5.73 Å². The van der Waals surface area contributed by atoms with Crippen LogP contribution < -0.4 is 5.73 Å². The SMILES string of the molecule is Cc1nnc2ccc(-c3ccc(N)nc3)cn12. The highest BCUT2D eigenvalue weighted by atomic mass is 15.2. The predicted molar refractivity (Wildman–Crippen MR) is 65.4 cm³/mol. The minimum atomic E-state index is 0.523. The molecule has 17 heavy (non-hydrogen) atoms. The summed E-state index contributed by atoms with van der Waals surface area (Å²) >= 11 is 0. The van der Waals surface area contributed by atoms with Crippen LogP contribution in [-0.4, -0.2) is 19.6 Å². The summed E-state index contributed by atoms with van der Waals surface area (Å²) in [6, 6.07) is 7.67. The number of anilines is 1. The van der Waals surface area contributed by atoms with Crippen molar-refractivity contribution in [3.8, 4) is 11.1 Å². The van der Waals surface area contributed by atoms with Crippen LogP contribution in [-0.2, 0) is 0 Å². The zero-order valence-corrected chi connectivity index (χ0v) is 9.33. The smallest absolute Gasteiger partial charge is 0.160 e. The van der Waals surface area contributed by atoms with Crippen LogP contribution in [0.15, 0.2) is 36.7 Å². The Labute approximate surface area is 97.9 Å². The third-order valence-corrected chi connectivity index (χ3v) is 2.69. The van der Waals surface area contributed by atoms with Crippen molar-refractivity contribution in [3.05, 3.63) is 42.5 Å². The number of aryl methyl sites for hydroxylation is 1. The maximum absolute atomic E-state index is 5.57. The minimum absolute atomic E-state index is 0.523. The lowest BCUT2D eigenvalue weighted by molar-refractivity contribution is 1.01. The monoisotopic (exact) mass is 225 g/mol. The fraction of sp³-hybridized carbons (Fsp3) is 0.0833. The molecule has 84 valence electrons. The standard InChI is InChI=1S/C12H11N5/c1-8-15-16-12-5-3-10(7-17(8)12)9-2-4-11(13)14-6-9/h2-7H,1H3,(H2,13,14). The van der Waals surface area contributed by atoms with Crippen molar-refractivity contribution >= 4 is 11.5 Å². The molecule has 2 N–H and O–H groups in total. The third-order valence-electron chi connectivity index (χ3n) is 2.69. The van der Waals surface area contributed by atoms with Crippen molar-refractivity contribution in [1.29, 1.82) is 0 Å². The van der Waals surface area contributed by atoms with E-state index >= 15 is 0 Å². The lowest BCUT2D eigenvalue weighted by Gasteiger charge is -2.03. The Hall–Kier alpha value is -2.43. The number of hydrogen-bond acceptors (Lipinski definition) is 4. The van der Waals surface area contributed by atoms with Gasteiger partial charge in [0.2, 0.25) is 0 Å². The van der Waals surface area contributed by atoms with Gasteiger partial charge in [0.25, 0.3) is 0 Å². The summed E-state index contributed by atoms with van der Waals surface area (Å²) in [5, 5.41) is 8.07. The lowest BCUT2D eigenvalue weighted by atomic mass is 10.1. The zero-order chi connectivity index (χ0) is 11.8. The van der Waals surface area contributed by atoms with Gasteiger partial charge in [0.15, 0.2) is 5.65 Å². The predicted octanol–water partition coefficient (Wildman–Crippen LogP) is 1.68. The van der Waals surface area contributed by atoms with Gasteiger partial charge >= 0.3 is 0 Å². The lowest BCUT2D eigenvalue weighted by Crippen LogP contribution is -1.91. The van der Waals surface area contributed by atoms with E-state index in [-0.39, 0.29) is 0 Å². The van der Waals surface area contributed by atoms with Crippen molar-refractivity contribution < 1.29 is 0 Å². The van der Waals surface area contributed by atoms with Crippen molar-refractivity contribution in [1.82, 2.24) is 19.6 Å². The van der Waals surface area contributed by atoms with Crippen LogP contribution in [0.3, 0.4) is 0 Å². The second-order valence-electron chi connectivity index (χ2n) is 3.86. The van der Waals surface area contributed by atoms with E-state index in [0.29, 0.717) is 5.82 Å². The molecular formula is C12H11N5. The van der Waals surface area contributed by atoms with Gasteiger partial charge in [0.05, 0.1) is 0 Å². The summed E-state index contributed by atoms with van der Waals surface area (Å²) in [5.74, 6) is 1.39. The summed E-state index contributed by atoms with van der Waals surface area (Å²) in [6.45, 7) is 1.92. The first-order valence-electron chi connectivity index (χ1n) is 5.27. The fourth-order valence-electron chi connectivity index (χ4n) is 1.75. The molecule has 3 aromatic heterocycles. The molecule has 0 aliphatic heterocycles. The van der Waals surface area contributed by atoms with E-state index in [2.05, 4.69) is 15.2 Å². The minimum Gasteiger partial charge on any atom is -0.384 e. The number of nitrogen functional groups attached to an aromatic ring is 1. The third kappa shape index (κ3) is 1.61. The van der Waals surface area contributed by atoms with Crippen LogP contribution in [0.4, 0.5) is 5.82 Å². The molecule has 0 bridgehead atoms. The highest BCUT2D eigenvalue weighted by molar-refractivity contribution is 5.64. The van der Waals surface area contributed by atoms with Crippen molar-refractivity contribution in [2.75, 3.05) is 5.73 Å². The van der Waals surface area contributed by atoms with Crippen LogP contribution in [0, 0.1) is 6.92 Å². The first-order valence-corrected chi connectivity index (χ1v) is 5.27. The Morgan fingerprint density at radius 3 is 2.65 bits per heavy atom. The Kier molecular flexibility index (Phi) is 2.04. The van der Waals surface area contributed by atoms with Gasteiger partial charge in [-0.25, -0.2) is 4.98 Å². The molecule has 0 atom stereocenters. The summed E-state index contributed by atoms with van der Waals surface area (Å²) in [6.07, 6.45) is 3.76. The van der Waals surface area contributed by atoms with E-state index in [1.165, 1.54) is 0 Å². The van der Waals surface area contributed by atoms with Crippen LogP contribution in [0.2, 0.25) is 0 Å². The molecule has 0 aliphatic carbocycles. The van der Waals surface area contributed by atoms with Crippen molar-refractivity contribution in [2.45, 2.75) is 6.92 Å². The van der Waals surface area contributed by atoms with Gasteiger partial charge in [-0.1, -0.05) is 0 Å². The Balaban J connectivity index is 2.17. The van der Waals surface area contributed by atoms with Gasteiger partial charge in [-0.3, -0.25) is 4.40 Å². The van der Waals surface area contributed by atoms with Crippen LogP contribution in [0.25, 0.3) is 16.8 Å². The van der Waals surface area contributed by atoms with E-state index in [9.17, 15) is 0 Å². The van der Waals surface area contributed by atoms with Crippen LogP contribution in [0.5, 0.6) is 0 Å². The molecule has 0 saturated carbocycles. The number of pyridine rings is 2. The first kappa shape index (κ1) is 9.77. The van der Waals surface area contributed by atoms with Gasteiger partial charge < -0.3 is 5.73 Å². The molecule has 0 saturated heterocycles. The molecule has 0 amide bonds. The van der Waals surface area contributed by atoms with Gasteiger partial charge in [0, 0.05) is 23.5 Å². The second-order valence-corrected chi connectivity index (χ2v) is 3.86. The molecule has 0 radical (unpaired) electrons. The molecular weight excluding hydrogens is 214 g/mol. The van der Waals surface area contributed by atoms with E-state index in [1.807, 2.05) is 35.7 Å². The molecule has 0 spiro atoms. The molecule has 0 unspecified atom stereocenters. The molecule has 5 nitrogen and oxygen atoms in total. The summed E-state index contributed by atoms with van der Waals surface area (Å²) in [4.78, 5) is 4.08. The largest absolute Gasteiger partial charge is 0.384 e. The molecule has 0 aromatic carbocycles. The van der Waals surface area contributed by atoms with E-state index in [0.717, 1.165) is 22.6 Å². The van der Waals surface area contributed by atoms with Crippen LogP contribution >= 0.6 is 0 Å². The topological polar surface area (TPSA) is 69.1 Å². The van der Waals surface area contributed by atoms with Gasteiger partial charge in [-0.15, -0.1) is 10.2 Å². The zero-order valence-electron chi connectivity index (χ0n) is 9.33. The Bertz CT molecular complexity index is 669. The van der Waals surface area contributed by atoms with Gasteiger partial charge in [-0.05, 0) is 31.2 Å². The van der Waals surface area contributed by atoms with Crippen molar-refractivity contribution in [2.24, 2.45) is 0 Å². The maximum atomic E-state index is 5.57. The van der Waals surface area contributed by atoms with Crippen LogP contribution in [0.1, 0.15) is 5.82 Å². The Morgan fingerprint density at radius 2 is 1.88 bits per heavy atom.